The van der Waals surface area contributed by atoms with Crippen molar-refractivity contribution in [3.8, 4) is 0 Å². The van der Waals surface area contributed by atoms with E-state index in [0.29, 0.717) is 6.54 Å². The molecule has 1 aromatic heterocycles. The monoisotopic (exact) mass is 251 g/mol. The number of nitrogens with zero attached hydrogens (tertiary/aromatic N) is 1. The first-order valence-electron chi connectivity index (χ1n) is 5.82. The molecule has 1 saturated heterocycles. The second-order valence-corrected chi connectivity index (χ2v) is 5.37. The molecule has 0 radical (unpaired) electrons. The summed E-state index contributed by atoms with van der Waals surface area (Å²) in [5.41, 5.74) is 1.20. The summed E-state index contributed by atoms with van der Waals surface area (Å²) in [6, 6.07) is 2.05. The molecule has 0 saturated carbocycles. The van der Waals surface area contributed by atoms with E-state index < -0.39 is 0 Å². The quantitative estimate of drug-likeness (QED) is 0.834. The Bertz CT molecular complexity index is 425. The van der Waals surface area contributed by atoms with Crippen LogP contribution in [-0.2, 0) is 4.79 Å². The summed E-state index contributed by atoms with van der Waals surface area (Å²) in [4.78, 5) is 14.8. The van der Waals surface area contributed by atoms with E-state index in [1.54, 1.807) is 22.3 Å². The summed E-state index contributed by atoms with van der Waals surface area (Å²) < 4.78 is 0. The molecule has 0 bridgehead atoms. The highest BCUT2D eigenvalue weighted by Gasteiger charge is 2.24. The number of hydrogen-bond acceptors (Lipinski definition) is 3. The van der Waals surface area contributed by atoms with Crippen LogP contribution in [-0.4, -0.2) is 35.6 Å². The summed E-state index contributed by atoms with van der Waals surface area (Å²) in [5, 5.41) is 11.1. The fourth-order valence-electron chi connectivity index (χ4n) is 1.99. The predicted octanol–water partition coefficient (Wildman–Crippen LogP) is 1.91. The molecule has 1 N–H and O–H groups in total. The second-order valence-electron chi connectivity index (χ2n) is 4.42. The van der Waals surface area contributed by atoms with Crippen molar-refractivity contribution < 1.29 is 9.90 Å². The lowest BCUT2D eigenvalue weighted by Gasteiger charge is -2.13. The zero-order valence-corrected chi connectivity index (χ0v) is 10.7. The number of carbonyl (C=O) groups is 1. The fourth-order valence-corrected chi connectivity index (χ4v) is 2.81. The van der Waals surface area contributed by atoms with Crippen molar-refractivity contribution >= 4 is 23.3 Å². The Morgan fingerprint density at radius 1 is 1.71 bits per heavy atom. The van der Waals surface area contributed by atoms with Gasteiger partial charge in [-0.1, -0.05) is 0 Å². The number of aliphatic hydroxyl groups excluding tert-OH is 1. The third-order valence-corrected chi connectivity index (χ3v) is 4.12. The summed E-state index contributed by atoms with van der Waals surface area (Å²) in [5.74, 6) is 0.310. The molecule has 1 aliphatic rings. The van der Waals surface area contributed by atoms with Gasteiger partial charge < -0.3 is 10.0 Å². The number of carbonyl (C=O) groups excluding carboxylic acids is 1. The van der Waals surface area contributed by atoms with Crippen LogP contribution in [0.1, 0.15) is 16.9 Å². The van der Waals surface area contributed by atoms with Crippen LogP contribution in [0.25, 0.3) is 6.08 Å². The lowest BCUT2D eigenvalue weighted by molar-refractivity contribution is -0.125. The molecule has 0 aliphatic carbocycles. The van der Waals surface area contributed by atoms with Gasteiger partial charge in [-0.2, -0.15) is 0 Å². The third kappa shape index (κ3) is 2.96. The SMILES string of the molecule is Cc1ccsc1C=CC(=O)N1CCC(CO)C1. The Morgan fingerprint density at radius 2 is 2.53 bits per heavy atom. The van der Waals surface area contributed by atoms with Crippen molar-refractivity contribution in [2.45, 2.75) is 13.3 Å². The number of aliphatic hydroxyl groups is 1. The number of thiophene rings is 1. The summed E-state index contributed by atoms with van der Waals surface area (Å²) in [6.45, 7) is 3.66. The van der Waals surface area contributed by atoms with Crippen LogP contribution in [0.3, 0.4) is 0 Å². The molecule has 1 fully saturated rings. The summed E-state index contributed by atoms with van der Waals surface area (Å²) in [6.07, 6.45) is 4.43. The minimum absolute atomic E-state index is 0.0498. The smallest absolute Gasteiger partial charge is 0.246 e. The molecule has 1 unspecified atom stereocenters. The van der Waals surface area contributed by atoms with Crippen molar-refractivity contribution in [2.75, 3.05) is 19.7 Å². The molecule has 3 nitrogen and oxygen atoms in total. The van der Waals surface area contributed by atoms with Crippen molar-refractivity contribution in [3.63, 3.8) is 0 Å². The summed E-state index contributed by atoms with van der Waals surface area (Å²) >= 11 is 1.64. The molecule has 1 atom stereocenters. The number of rotatable bonds is 3. The van der Waals surface area contributed by atoms with E-state index in [2.05, 4.69) is 0 Å². The number of likely N-dealkylation sites (tertiary alicyclic amines) is 1. The van der Waals surface area contributed by atoms with Gasteiger partial charge in [0.1, 0.15) is 0 Å². The molecule has 0 spiro atoms. The van der Waals surface area contributed by atoms with Crippen molar-refractivity contribution in [3.05, 3.63) is 28.0 Å². The molecule has 2 rings (SSSR count). The maximum atomic E-state index is 11.9. The van der Waals surface area contributed by atoms with Crippen LogP contribution in [0.4, 0.5) is 0 Å². The third-order valence-electron chi connectivity index (χ3n) is 3.13. The first-order valence-corrected chi connectivity index (χ1v) is 6.70. The first-order chi connectivity index (χ1) is 8.20. The lowest BCUT2D eigenvalue weighted by Crippen LogP contribution is -2.27. The highest BCUT2D eigenvalue weighted by Crippen LogP contribution is 2.19. The van der Waals surface area contributed by atoms with E-state index in [4.69, 9.17) is 5.11 Å². The summed E-state index contributed by atoms with van der Waals surface area (Å²) in [7, 11) is 0. The van der Waals surface area contributed by atoms with E-state index in [1.807, 2.05) is 24.4 Å². The van der Waals surface area contributed by atoms with Gasteiger partial charge in [-0.3, -0.25) is 4.79 Å². The molecule has 2 heterocycles. The van der Waals surface area contributed by atoms with Gasteiger partial charge in [-0.25, -0.2) is 0 Å². The maximum absolute atomic E-state index is 11.9. The van der Waals surface area contributed by atoms with Crippen molar-refractivity contribution in [2.24, 2.45) is 5.92 Å². The van der Waals surface area contributed by atoms with Crippen LogP contribution in [0.15, 0.2) is 17.5 Å². The largest absolute Gasteiger partial charge is 0.396 e. The Balaban J connectivity index is 1.94. The van der Waals surface area contributed by atoms with Crippen LogP contribution in [0.5, 0.6) is 0 Å². The van der Waals surface area contributed by atoms with Gasteiger partial charge in [0.25, 0.3) is 0 Å². The molecule has 1 amide bonds. The standard InChI is InChI=1S/C13H17NO2S/c1-10-5-7-17-12(10)2-3-13(16)14-6-4-11(8-14)9-15/h2-3,5,7,11,15H,4,6,8-9H2,1H3. The lowest BCUT2D eigenvalue weighted by atomic mass is 10.1. The van der Waals surface area contributed by atoms with Gasteiger partial charge in [-0.05, 0) is 36.4 Å². The fraction of sp³-hybridized carbons (Fsp3) is 0.462. The van der Waals surface area contributed by atoms with Gasteiger partial charge in [0.05, 0.1) is 0 Å². The van der Waals surface area contributed by atoms with Gasteiger partial charge >= 0.3 is 0 Å². The molecule has 92 valence electrons. The highest BCUT2D eigenvalue weighted by atomic mass is 32.1. The van der Waals surface area contributed by atoms with Crippen LogP contribution in [0, 0.1) is 12.8 Å². The zero-order valence-electron chi connectivity index (χ0n) is 9.93. The average Bonchev–Trinajstić information content (AvgIpc) is 2.94. The van der Waals surface area contributed by atoms with Crippen LogP contribution in [0.2, 0.25) is 0 Å². The predicted molar refractivity (Wildman–Crippen MR) is 69.9 cm³/mol. The van der Waals surface area contributed by atoms with Gasteiger partial charge in [-0.15, -0.1) is 11.3 Å². The average molecular weight is 251 g/mol. The first kappa shape index (κ1) is 12.3. The van der Waals surface area contributed by atoms with E-state index in [9.17, 15) is 4.79 Å². The Kier molecular flexibility index (Phi) is 3.97. The second kappa shape index (κ2) is 5.47. The van der Waals surface area contributed by atoms with Crippen LogP contribution >= 0.6 is 11.3 Å². The highest BCUT2D eigenvalue weighted by molar-refractivity contribution is 7.11. The van der Waals surface area contributed by atoms with E-state index in [1.165, 1.54) is 5.56 Å². The minimum Gasteiger partial charge on any atom is -0.396 e. The minimum atomic E-state index is 0.0498. The number of aryl methyl sites for hydroxylation is 1. The van der Waals surface area contributed by atoms with Gasteiger partial charge in [0.2, 0.25) is 5.91 Å². The molecule has 0 aromatic carbocycles. The number of hydrogen-bond donors (Lipinski definition) is 1. The van der Waals surface area contributed by atoms with E-state index in [0.717, 1.165) is 17.8 Å². The van der Waals surface area contributed by atoms with Crippen LogP contribution < -0.4 is 0 Å². The molecular formula is C13H17NO2S. The molecule has 1 aromatic rings. The van der Waals surface area contributed by atoms with E-state index >= 15 is 0 Å². The Labute approximate surface area is 105 Å². The van der Waals surface area contributed by atoms with Crippen molar-refractivity contribution in [1.29, 1.82) is 0 Å². The Hall–Kier alpha value is -1.13. The zero-order chi connectivity index (χ0) is 12.3. The molecule has 1 aliphatic heterocycles. The Morgan fingerprint density at radius 3 is 3.12 bits per heavy atom. The van der Waals surface area contributed by atoms with Gasteiger partial charge in [0, 0.05) is 36.6 Å². The van der Waals surface area contributed by atoms with E-state index in [-0.39, 0.29) is 18.4 Å². The molecular weight excluding hydrogens is 234 g/mol. The topological polar surface area (TPSA) is 40.5 Å². The molecule has 4 heteroatoms. The molecule has 17 heavy (non-hydrogen) atoms. The maximum Gasteiger partial charge on any atom is 0.246 e. The van der Waals surface area contributed by atoms with Crippen molar-refractivity contribution in [1.82, 2.24) is 4.90 Å². The normalized spacial score (nSPS) is 20.4. The number of amides is 1. The van der Waals surface area contributed by atoms with Gasteiger partial charge in [0.15, 0.2) is 0 Å².